The normalized spacial score (nSPS) is 18.1. The van der Waals surface area contributed by atoms with E-state index in [0.717, 1.165) is 25.0 Å². The highest BCUT2D eigenvalue weighted by Crippen LogP contribution is 2.39. The third-order valence-corrected chi connectivity index (χ3v) is 6.17. The van der Waals surface area contributed by atoms with Crippen molar-refractivity contribution in [3.63, 3.8) is 0 Å². The van der Waals surface area contributed by atoms with E-state index in [0.29, 0.717) is 6.54 Å². The molecule has 0 aromatic carbocycles. The fourth-order valence-corrected chi connectivity index (χ4v) is 4.54. The third kappa shape index (κ3) is 3.91. The number of nitrogens with one attached hydrogen (secondary N) is 1. The number of thioether (sulfide) groups is 1. The Morgan fingerprint density at radius 1 is 1.50 bits per heavy atom. The van der Waals surface area contributed by atoms with Crippen LogP contribution in [0.15, 0.2) is 11.4 Å². The van der Waals surface area contributed by atoms with Crippen molar-refractivity contribution in [1.82, 2.24) is 5.32 Å². The number of halogens is 1. The first-order valence-corrected chi connectivity index (χ1v) is 8.77. The summed E-state index contributed by atoms with van der Waals surface area (Å²) in [6.45, 7) is 4.71. The second kappa shape index (κ2) is 7.69. The molecule has 0 saturated heterocycles. The van der Waals surface area contributed by atoms with E-state index in [9.17, 15) is 4.79 Å². The summed E-state index contributed by atoms with van der Waals surface area (Å²) in [5, 5.41) is 5.08. The van der Waals surface area contributed by atoms with E-state index in [4.69, 9.17) is 5.73 Å². The summed E-state index contributed by atoms with van der Waals surface area (Å²) in [6, 6.07) is 2.09. The van der Waals surface area contributed by atoms with Gasteiger partial charge in [-0.2, -0.15) is 0 Å². The molecule has 2 heterocycles. The fourth-order valence-electron chi connectivity index (χ4n) is 2.22. The predicted octanol–water partition coefficient (Wildman–Crippen LogP) is 3.13. The minimum absolute atomic E-state index is 0. The lowest BCUT2D eigenvalue weighted by Gasteiger charge is -2.28. The average Bonchev–Trinajstić information content (AvgIpc) is 2.92. The summed E-state index contributed by atoms with van der Waals surface area (Å²) in [7, 11) is 0. The summed E-state index contributed by atoms with van der Waals surface area (Å²) in [6.07, 6.45) is 2.85. The summed E-state index contributed by atoms with van der Waals surface area (Å²) < 4.78 is 0. The van der Waals surface area contributed by atoms with Crippen molar-refractivity contribution >= 4 is 41.4 Å². The molecule has 1 atom stereocenters. The lowest BCUT2D eigenvalue weighted by molar-refractivity contribution is -0.121. The van der Waals surface area contributed by atoms with Crippen molar-refractivity contribution in [3.05, 3.63) is 21.9 Å². The maximum atomic E-state index is 12.4. The summed E-state index contributed by atoms with van der Waals surface area (Å²) in [5.41, 5.74) is 7.16. The van der Waals surface area contributed by atoms with E-state index < -0.39 is 0 Å². The highest BCUT2D eigenvalue weighted by atomic mass is 35.5. The number of fused-ring (bicyclic) bond motifs is 1. The first-order valence-electron chi connectivity index (χ1n) is 6.84. The number of amides is 1. The molecule has 0 spiro atoms. The number of nitrogens with two attached hydrogens (primary N) is 1. The van der Waals surface area contributed by atoms with Crippen LogP contribution in [-0.2, 0) is 11.2 Å². The quantitative estimate of drug-likeness (QED) is 0.869. The van der Waals surface area contributed by atoms with Crippen molar-refractivity contribution in [2.24, 2.45) is 5.73 Å². The van der Waals surface area contributed by atoms with Gasteiger partial charge in [-0.3, -0.25) is 4.79 Å². The molecule has 0 bridgehead atoms. The van der Waals surface area contributed by atoms with E-state index in [1.54, 1.807) is 23.1 Å². The van der Waals surface area contributed by atoms with Crippen molar-refractivity contribution in [1.29, 1.82) is 0 Å². The maximum Gasteiger partial charge on any atom is 0.237 e. The van der Waals surface area contributed by atoms with Crippen LogP contribution in [0.2, 0.25) is 0 Å². The van der Waals surface area contributed by atoms with Crippen LogP contribution in [0.1, 0.15) is 42.4 Å². The Labute approximate surface area is 135 Å². The molecule has 1 unspecified atom stereocenters. The van der Waals surface area contributed by atoms with Crippen molar-refractivity contribution < 1.29 is 4.79 Å². The van der Waals surface area contributed by atoms with Gasteiger partial charge in [0, 0.05) is 17.0 Å². The second-order valence-electron chi connectivity index (χ2n) is 5.09. The Kier molecular flexibility index (Phi) is 6.85. The highest BCUT2D eigenvalue weighted by Gasteiger charge is 2.29. The standard InChI is InChI=1S/C14H22N2OS2.ClH/c1-3-14(15,4-2)9-16-13(17)12-10-5-7-18-11(10)6-8-19-12;/h5,7,12H,3-4,6,8-9,15H2,1-2H3,(H,16,17);1H. The smallest absolute Gasteiger partial charge is 0.237 e. The molecule has 0 saturated carbocycles. The van der Waals surface area contributed by atoms with E-state index in [-0.39, 0.29) is 29.1 Å². The molecular weight excluding hydrogens is 312 g/mol. The lowest BCUT2D eigenvalue weighted by Crippen LogP contribution is -2.50. The Morgan fingerprint density at radius 2 is 2.20 bits per heavy atom. The van der Waals surface area contributed by atoms with Crippen LogP contribution >= 0.6 is 35.5 Å². The minimum atomic E-state index is -0.271. The van der Waals surface area contributed by atoms with Gasteiger partial charge in [0.1, 0.15) is 5.25 Å². The molecule has 1 aromatic heterocycles. The van der Waals surface area contributed by atoms with Crippen LogP contribution < -0.4 is 11.1 Å². The predicted molar refractivity (Wildman–Crippen MR) is 91.0 cm³/mol. The van der Waals surface area contributed by atoms with Crippen LogP contribution in [0, 0.1) is 0 Å². The molecule has 2 rings (SSSR count). The number of rotatable bonds is 5. The number of carbonyl (C=O) groups excluding carboxylic acids is 1. The number of hydrogen-bond acceptors (Lipinski definition) is 4. The van der Waals surface area contributed by atoms with Crippen LogP contribution in [0.5, 0.6) is 0 Å². The van der Waals surface area contributed by atoms with Gasteiger partial charge in [-0.1, -0.05) is 13.8 Å². The van der Waals surface area contributed by atoms with Crippen LogP contribution in [0.3, 0.4) is 0 Å². The molecule has 3 N–H and O–H groups in total. The lowest BCUT2D eigenvalue weighted by atomic mass is 9.94. The zero-order valence-electron chi connectivity index (χ0n) is 12.0. The maximum absolute atomic E-state index is 12.4. The molecule has 0 fully saturated rings. The first-order chi connectivity index (χ1) is 9.09. The number of aryl methyl sites for hydroxylation is 1. The van der Waals surface area contributed by atoms with Crippen molar-refractivity contribution in [3.8, 4) is 0 Å². The average molecular weight is 335 g/mol. The highest BCUT2D eigenvalue weighted by molar-refractivity contribution is 8.00. The number of hydrogen-bond donors (Lipinski definition) is 2. The third-order valence-electron chi connectivity index (χ3n) is 3.94. The van der Waals surface area contributed by atoms with Gasteiger partial charge in [0.15, 0.2) is 0 Å². The molecule has 0 radical (unpaired) electrons. The molecule has 1 aromatic rings. The molecule has 0 aliphatic carbocycles. The molecule has 6 heteroatoms. The summed E-state index contributed by atoms with van der Waals surface area (Å²) >= 11 is 3.50. The largest absolute Gasteiger partial charge is 0.353 e. The first kappa shape index (κ1) is 17.8. The van der Waals surface area contributed by atoms with Gasteiger partial charge in [0.2, 0.25) is 5.91 Å². The molecule has 1 aliphatic heterocycles. The Balaban J connectivity index is 0.00000200. The molecule has 114 valence electrons. The topological polar surface area (TPSA) is 55.1 Å². The Bertz CT molecular complexity index is 446. The van der Waals surface area contributed by atoms with Crippen LogP contribution in [0.25, 0.3) is 0 Å². The van der Waals surface area contributed by atoms with Gasteiger partial charge in [-0.25, -0.2) is 0 Å². The SMILES string of the molecule is CCC(N)(CC)CNC(=O)C1SCCc2sccc21.Cl. The molecule has 1 aliphatic rings. The van der Waals surface area contributed by atoms with Gasteiger partial charge in [-0.05, 0) is 42.0 Å². The Morgan fingerprint density at radius 3 is 2.85 bits per heavy atom. The van der Waals surface area contributed by atoms with E-state index >= 15 is 0 Å². The van der Waals surface area contributed by atoms with Gasteiger partial charge < -0.3 is 11.1 Å². The molecule has 1 amide bonds. The number of carbonyl (C=O) groups is 1. The summed E-state index contributed by atoms with van der Waals surface area (Å²) in [4.78, 5) is 13.7. The van der Waals surface area contributed by atoms with Gasteiger partial charge >= 0.3 is 0 Å². The van der Waals surface area contributed by atoms with Crippen LogP contribution in [-0.4, -0.2) is 23.7 Å². The van der Waals surface area contributed by atoms with E-state index in [2.05, 4.69) is 30.6 Å². The molecule has 3 nitrogen and oxygen atoms in total. The molecule has 20 heavy (non-hydrogen) atoms. The van der Waals surface area contributed by atoms with E-state index in [1.807, 2.05) is 0 Å². The zero-order chi connectivity index (χ0) is 13.9. The fraction of sp³-hybridized carbons (Fsp3) is 0.643. The van der Waals surface area contributed by atoms with Crippen molar-refractivity contribution in [2.75, 3.05) is 12.3 Å². The minimum Gasteiger partial charge on any atom is -0.353 e. The number of thiophene rings is 1. The monoisotopic (exact) mass is 334 g/mol. The zero-order valence-corrected chi connectivity index (χ0v) is 14.4. The molecular formula is C14H23ClN2OS2. The van der Waals surface area contributed by atoms with Gasteiger partial charge in [-0.15, -0.1) is 35.5 Å². The van der Waals surface area contributed by atoms with Gasteiger partial charge in [0.25, 0.3) is 0 Å². The van der Waals surface area contributed by atoms with E-state index in [1.165, 1.54) is 10.4 Å². The van der Waals surface area contributed by atoms with Crippen LogP contribution in [0.4, 0.5) is 0 Å². The summed E-state index contributed by atoms with van der Waals surface area (Å²) in [5.74, 6) is 1.14. The van der Waals surface area contributed by atoms with Crippen molar-refractivity contribution in [2.45, 2.75) is 43.9 Å². The van der Waals surface area contributed by atoms with Gasteiger partial charge in [0.05, 0.1) is 0 Å². The Hall–Kier alpha value is -0.230. The second-order valence-corrected chi connectivity index (χ2v) is 7.30.